The van der Waals surface area contributed by atoms with Gasteiger partial charge in [-0.05, 0) is 65.1 Å². The van der Waals surface area contributed by atoms with Gasteiger partial charge in [0.25, 0.3) is 0 Å². The second-order valence-electron chi connectivity index (χ2n) is 5.03. The highest BCUT2D eigenvalue weighted by atomic mass is 79.9. The van der Waals surface area contributed by atoms with Crippen molar-refractivity contribution in [2.45, 2.75) is 19.4 Å². The van der Waals surface area contributed by atoms with Crippen LogP contribution < -0.4 is 0 Å². The molecule has 1 aromatic heterocycles. The zero-order valence-electron chi connectivity index (χ0n) is 11.8. The van der Waals surface area contributed by atoms with Crippen LogP contribution in [0.4, 0.5) is 0 Å². The van der Waals surface area contributed by atoms with E-state index in [0.717, 1.165) is 33.3 Å². The van der Waals surface area contributed by atoms with Crippen LogP contribution in [-0.4, -0.2) is 24.3 Å². The van der Waals surface area contributed by atoms with E-state index >= 15 is 0 Å². The van der Waals surface area contributed by atoms with E-state index in [1.54, 1.807) is 11.3 Å². The lowest BCUT2D eigenvalue weighted by Crippen LogP contribution is -2.19. The lowest BCUT2D eigenvalue weighted by atomic mass is 10.1. The third-order valence-electron chi connectivity index (χ3n) is 3.18. The predicted octanol–water partition coefficient (Wildman–Crippen LogP) is 5.37. The van der Waals surface area contributed by atoms with Gasteiger partial charge in [0.1, 0.15) is 0 Å². The van der Waals surface area contributed by atoms with Gasteiger partial charge in [-0.1, -0.05) is 28.1 Å². The van der Waals surface area contributed by atoms with Gasteiger partial charge in [-0.2, -0.15) is 0 Å². The smallest absolute Gasteiger partial charge is 0.162 e. The van der Waals surface area contributed by atoms with Crippen molar-refractivity contribution < 1.29 is 4.79 Å². The number of Topliss-reactive ketones (excluding diaryl/α,β-unsaturated/α-hetero) is 1. The van der Waals surface area contributed by atoms with Crippen molar-refractivity contribution in [2.75, 3.05) is 13.6 Å². The molecule has 0 fully saturated rings. The molecule has 0 aliphatic rings. The number of carbonyl (C=O) groups excluding carboxylic acids is 1. The molecule has 0 aliphatic carbocycles. The molecule has 0 unspecified atom stereocenters. The van der Waals surface area contributed by atoms with Crippen molar-refractivity contribution in [2.24, 2.45) is 0 Å². The molecule has 0 saturated heterocycles. The van der Waals surface area contributed by atoms with E-state index in [4.69, 9.17) is 0 Å². The molecule has 2 nitrogen and oxygen atoms in total. The molecule has 5 heteroatoms. The second-order valence-corrected chi connectivity index (χ2v) is 8.24. The first-order valence-electron chi connectivity index (χ1n) is 6.75. The molecular formula is C16H17Br2NOS. The predicted molar refractivity (Wildman–Crippen MR) is 96.1 cm³/mol. The van der Waals surface area contributed by atoms with Gasteiger partial charge in [0, 0.05) is 23.0 Å². The second kappa shape index (κ2) is 8.22. The van der Waals surface area contributed by atoms with Crippen LogP contribution in [0.3, 0.4) is 0 Å². The lowest BCUT2D eigenvalue weighted by molar-refractivity contribution is 0.0976. The molecule has 2 rings (SSSR count). The van der Waals surface area contributed by atoms with E-state index in [9.17, 15) is 4.79 Å². The molecule has 0 N–H and O–H groups in total. The fourth-order valence-corrected chi connectivity index (χ4v) is 3.57. The molecule has 21 heavy (non-hydrogen) atoms. The monoisotopic (exact) mass is 429 g/mol. The zero-order valence-corrected chi connectivity index (χ0v) is 15.8. The molecule has 0 saturated carbocycles. The standard InChI is InChI=1S/C16H17Br2NOS/c1-19(10-12-9-16(18)21-11-12)8-2-3-15(20)13-4-6-14(17)7-5-13/h4-7,9,11H,2-3,8,10H2,1H3. The molecule has 0 spiro atoms. The Kier molecular flexibility index (Phi) is 6.61. The Morgan fingerprint density at radius 1 is 1.24 bits per heavy atom. The van der Waals surface area contributed by atoms with Crippen molar-refractivity contribution in [3.8, 4) is 0 Å². The number of benzene rings is 1. The van der Waals surface area contributed by atoms with Gasteiger partial charge in [0.15, 0.2) is 5.78 Å². The number of nitrogens with zero attached hydrogens (tertiary/aromatic N) is 1. The number of halogens is 2. The fraction of sp³-hybridized carbons (Fsp3) is 0.312. The van der Waals surface area contributed by atoms with E-state index in [-0.39, 0.29) is 5.78 Å². The van der Waals surface area contributed by atoms with E-state index in [1.807, 2.05) is 24.3 Å². The quantitative estimate of drug-likeness (QED) is 0.550. The number of thiophene rings is 1. The molecule has 0 amide bonds. The summed E-state index contributed by atoms with van der Waals surface area (Å²) in [5.41, 5.74) is 2.11. The van der Waals surface area contributed by atoms with Crippen molar-refractivity contribution in [1.29, 1.82) is 0 Å². The highest BCUT2D eigenvalue weighted by Gasteiger charge is 2.07. The van der Waals surface area contributed by atoms with Gasteiger partial charge < -0.3 is 4.90 Å². The minimum absolute atomic E-state index is 0.217. The third-order valence-corrected chi connectivity index (χ3v) is 5.27. The van der Waals surface area contributed by atoms with Crippen molar-refractivity contribution in [3.05, 3.63) is 55.1 Å². The van der Waals surface area contributed by atoms with Crippen LogP contribution in [0.2, 0.25) is 0 Å². The Labute approximate surface area is 146 Å². The Balaban J connectivity index is 1.73. The number of hydrogen-bond donors (Lipinski definition) is 0. The van der Waals surface area contributed by atoms with Gasteiger partial charge in [0.2, 0.25) is 0 Å². The lowest BCUT2D eigenvalue weighted by Gasteiger charge is -2.15. The molecule has 0 atom stereocenters. The number of hydrogen-bond acceptors (Lipinski definition) is 3. The summed E-state index contributed by atoms with van der Waals surface area (Å²) >= 11 is 8.56. The van der Waals surface area contributed by atoms with Crippen LogP contribution in [0.25, 0.3) is 0 Å². The Morgan fingerprint density at radius 3 is 2.57 bits per heavy atom. The Bertz CT molecular complexity index is 595. The summed E-state index contributed by atoms with van der Waals surface area (Å²) in [6, 6.07) is 9.72. The van der Waals surface area contributed by atoms with Crippen molar-refractivity contribution in [1.82, 2.24) is 4.90 Å². The summed E-state index contributed by atoms with van der Waals surface area (Å²) in [5.74, 6) is 0.217. The Morgan fingerprint density at radius 2 is 1.95 bits per heavy atom. The van der Waals surface area contributed by atoms with Gasteiger partial charge in [-0.15, -0.1) is 11.3 Å². The summed E-state index contributed by atoms with van der Waals surface area (Å²) in [7, 11) is 2.09. The summed E-state index contributed by atoms with van der Waals surface area (Å²) in [5, 5.41) is 2.16. The molecular weight excluding hydrogens is 414 g/mol. The number of carbonyl (C=O) groups is 1. The molecule has 0 aliphatic heterocycles. The first kappa shape index (κ1) is 16.9. The Hall–Kier alpha value is -0.490. The first-order chi connectivity index (χ1) is 10.0. The van der Waals surface area contributed by atoms with Crippen LogP contribution in [0.5, 0.6) is 0 Å². The molecule has 0 bridgehead atoms. The maximum absolute atomic E-state index is 12.1. The van der Waals surface area contributed by atoms with Crippen molar-refractivity contribution >= 4 is 49.0 Å². The van der Waals surface area contributed by atoms with Gasteiger partial charge in [-0.3, -0.25) is 4.79 Å². The van der Waals surface area contributed by atoms with Crippen LogP contribution in [-0.2, 0) is 6.54 Å². The van der Waals surface area contributed by atoms with Gasteiger partial charge in [0.05, 0.1) is 3.79 Å². The SMILES string of the molecule is CN(CCCC(=O)c1ccc(Br)cc1)Cc1csc(Br)c1. The third kappa shape index (κ3) is 5.66. The summed E-state index contributed by atoms with van der Waals surface area (Å²) in [6.45, 7) is 1.85. The first-order valence-corrected chi connectivity index (χ1v) is 9.21. The highest BCUT2D eigenvalue weighted by molar-refractivity contribution is 9.11. The highest BCUT2D eigenvalue weighted by Crippen LogP contribution is 2.21. The van der Waals surface area contributed by atoms with Gasteiger partial charge in [-0.25, -0.2) is 0 Å². The van der Waals surface area contributed by atoms with E-state index in [0.29, 0.717) is 6.42 Å². The maximum Gasteiger partial charge on any atom is 0.162 e. The normalized spacial score (nSPS) is 11.0. The molecule has 0 radical (unpaired) electrons. The number of rotatable bonds is 7. The minimum atomic E-state index is 0.217. The van der Waals surface area contributed by atoms with E-state index < -0.39 is 0 Å². The molecule has 2 aromatic rings. The fourth-order valence-electron chi connectivity index (χ4n) is 2.11. The van der Waals surface area contributed by atoms with E-state index in [2.05, 4.69) is 55.3 Å². The minimum Gasteiger partial charge on any atom is -0.302 e. The number of ketones is 1. The zero-order chi connectivity index (χ0) is 15.2. The van der Waals surface area contributed by atoms with Gasteiger partial charge >= 0.3 is 0 Å². The largest absolute Gasteiger partial charge is 0.302 e. The summed E-state index contributed by atoms with van der Waals surface area (Å²) < 4.78 is 2.16. The van der Waals surface area contributed by atoms with Crippen LogP contribution in [0.1, 0.15) is 28.8 Å². The summed E-state index contributed by atoms with van der Waals surface area (Å²) in [4.78, 5) is 14.3. The average molecular weight is 431 g/mol. The average Bonchev–Trinajstić information content (AvgIpc) is 2.84. The van der Waals surface area contributed by atoms with Crippen molar-refractivity contribution in [3.63, 3.8) is 0 Å². The molecule has 112 valence electrons. The van der Waals surface area contributed by atoms with Crippen LogP contribution >= 0.6 is 43.2 Å². The van der Waals surface area contributed by atoms with Crippen LogP contribution in [0.15, 0.2) is 44.0 Å². The van der Waals surface area contributed by atoms with E-state index in [1.165, 1.54) is 5.56 Å². The van der Waals surface area contributed by atoms with Crippen LogP contribution in [0, 0.1) is 0 Å². The maximum atomic E-state index is 12.1. The summed E-state index contributed by atoms with van der Waals surface area (Å²) in [6.07, 6.45) is 1.48. The molecule has 1 heterocycles. The molecule has 1 aromatic carbocycles. The topological polar surface area (TPSA) is 20.3 Å².